The molecule has 3 rings (SSSR count). The van der Waals surface area contributed by atoms with Crippen molar-refractivity contribution in [2.75, 3.05) is 11.9 Å². The lowest BCUT2D eigenvalue weighted by atomic mass is 10.0. The number of rotatable bonds is 7. The number of carbonyl (C=O) groups is 1. The van der Waals surface area contributed by atoms with Crippen molar-refractivity contribution in [3.05, 3.63) is 41.4 Å². The van der Waals surface area contributed by atoms with Gasteiger partial charge in [0.05, 0.1) is 52.1 Å². The number of anilines is 1. The van der Waals surface area contributed by atoms with E-state index in [0.29, 0.717) is 27.6 Å². The molecule has 3 aromatic heterocycles. The second kappa shape index (κ2) is 8.53. The van der Waals surface area contributed by atoms with Gasteiger partial charge in [-0.15, -0.1) is 0 Å². The average Bonchev–Trinajstić information content (AvgIpc) is 3.07. The third kappa shape index (κ3) is 4.85. The first-order chi connectivity index (χ1) is 14.1. The molecule has 0 unspecified atom stereocenters. The first-order valence-corrected chi connectivity index (χ1v) is 9.84. The Morgan fingerprint density at radius 2 is 2.03 bits per heavy atom. The van der Waals surface area contributed by atoms with Crippen LogP contribution in [0.4, 0.5) is 10.1 Å². The van der Waals surface area contributed by atoms with E-state index in [-0.39, 0.29) is 18.2 Å². The fraction of sp³-hybridized carbons (Fsp3) is 0.400. The number of alkyl halides is 1. The van der Waals surface area contributed by atoms with Crippen LogP contribution in [0.5, 0.6) is 0 Å². The standard InChI is InChI=1S/C20H24ClFN6O2/c1-11(2)27-16-5-15(13-8-26-28-10-12(21)6-24-18(13)28)23-7-14(16)19(29)25-9-17(22)20(3,4)30/h5-8,10-11,17,30H,9H2,1-4H3,(H,23,27)(H,25,29)/t17-/m1/s1. The van der Waals surface area contributed by atoms with Gasteiger partial charge in [0.1, 0.15) is 6.17 Å². The minimum atomic E-state index is -1.60. The predicted molar refractivity (Wildman–Crippen MR) is 114 cm³/mol. The molecule has 0 aliphatic heterocycles. The van der Waals surface area contributed by atoms with E-state index in [1.165, 1.54) is 26.2 Å². The van der Waals surface area contributed by atoms with Gasteiger partial charge in [-0.1, -0.05) is 11.6 Å². The number of carbonyl (C=O) groups excluding carboxylic acids is 1. The number of hydrogen-bond donors (Lipinski definition) is 3. The lowest BCUT2D eigenvalue weighted by Crippen LogP contribution is -2.42. The second-order valence-electron chi connectivity index (χ2n) is 7.84. The number of aliphatic hydroxyl groups is 1. The normalized spacial score (nSPS) is 12.9. The topological polar surface area (TPSA) is 104 Å². The van der Waals surface area contributed by atoms with Crippen LogP contribution in [0, 0.1) is 0 Å². The molecule has 3 N–H and O–H groups in total. The van der Waals surface area contributed by atoms with Gasteiger partial charge < -0.3 is 15.7 Å². The van der Waals surface area contributed by atoms with Crippen molar-refractivity contribution in [2.45, 2.75) is 45.5 Å². The van der Waals surface area contributed by atoms with Crippen molar-refractivity contribution in [2.24, 2.45) is 0 Å². The Kier molecular flexibility index (Phi) is 6.23. The van der Waals surface area contributed by atoms with Gasteiger partial charge >= 0.3 is 0 Å². The van der Waals surface area contributed by atoms with E-state index in [4.69, 9.17) is 11.6 Å². The van der Waals surface area contributed by atoms with Crippen molar-refractivity contribution in [1.82, 2.24) is 24.9 Å². The maximum Gasteiger partial charge on any atom is 0.255 e. The second-order valence-corrected chi connectivity index (χ2v) is 8.28. The minimum absolute atomic E-state index is 0.0398. The summed E-state index contributed by atoms with van der Waals surface area (Å²) in [6.07, 6.45) is 4.60. The van der Waals surface area contributed by atoms with E-state index >= 15 is 0 Å². The molecule has 1 atom stereocenters. The molecule has 0 aliphatic rings. The number of fused-ring (bicyclic) bond motifs is 1. The van der Waals surface area contributed by atoms with Gasteiger partial charge in [-0.3, -0.25) is 9.78 Å². The Morgan fingerprint density at radius 3 is 2.70 bits per heavy atom. The first kappa shape index (κ1) is 21.9. The van der Waals surface area contributed by atoms with Crippen LogP contribution in [0.15, 0.2) is 30.9 Å². The van der Waals surface area contributed by atoms with E-state index in [1.54, 1.807) is 23.0 Å². The van der Waals surface area contributed by atoms with Crippen LogP contribution < -0.4 is 10.6 Å². The molecular weight excluding hydrogens is 411 g/mol. The van der Waals surface area contributed by atoms with Crippen LogP contribution in [0.2, 0.25) is 5.02 Å². The SMILES string of the molecule is CC(C)Nc1cc(-c2cnn3cc(Cl)cnc23)ncc1C(=O)NC[C@@H](F)C(C)(C)O. The van der Waals surface area contributed by atoms with Gasteiger partial charge in [0.2, 0.25) is 0 Å². The minimum Gasteiger partial charge on any atom is -0.387 e. The first-order valence-electron chi connectivity index (χ1n) is 9.46. The number of amides is 1. The summed E-state index contributed by atoms with van der Waals surface area (Å²) in [4.78, 5) is 21.3. The van der Waals surface area contributed by atoms with Crippen LogP contribution in [-0.2, 0) is 0 Å². The highest BCUT2D eigenvalue weighted by molar-refractivity contribution is 6.30. The highest BCUT2D eigenvalue weighted by Crippen LogP contribution is 2.27. The molecule has 0 aromatic carbocycles. The zero-order chi connectivity index (χ0) is 22.1. The summed E-state index contributed by atoms with van der Waals surface area (Å²) in [6.45, 7) is 6.26. The van der Waals surface area contributed by atoms with E-state index < -0.39 is 17.7 Å². The summed E-state index contributed by atoms with van der Waals surface area (Å²) in [5.74, 6) is -0.492. The molecule has 1 amide bonds. The van der Waals surface area contributed by atoms with Gasteiger partial charge in [-0.05, 0) is 33.8 Å². The van der Waals surface area contributed by atoms with E-state index in [2.05, 4.69) is 25.7 Å². The fourth-order valence-corrected chi connectivity index (χ4v) is 2.92. The Morgan fingerprint density at radius 1 is 1.30 bits per heavy atom. The highest BCUT2D eigenvalue weighted by atomic mass is 35.5. The van der Waals surface area contributed by atoms with Crippen molar-refractivity contribution >= 4 is 28.8 Å². The number of halogens is 2. The molecule has 0 radical (unpaired) electrons. The number of hydrogen-bond acceptors (Lipinski definition) is 6. The van der Waals surface area contributed by atoms with Crippen LogP contribution >= 0.6 is 11.6 Å². The van der Waals surface area contributed by atoms with E-state index in [9.17, 15) is 14.3 Å². The summed E-state index contributed by atoms with van der Waals surface area (Å²) in [5, 5.41) is 20.1. The van der Waals surface area contributed by atoms with Gasteiger partial charge in [0, 0.05) is 18.4 Å². The molecule has 10 heteroatoms. The molecule has 0 bridgehead atoms. The largest absolute Gasteiger partial charge is 0.387 e. The maximum atomic E-state index is 14.0. The van der Waals surface area contributed by atoms with Crippen LogP contribution in [0.25, 0.3) is 16.9 Å². The summed E-state index contributed by atoms with van der Waals surface area (Å²) in [5.41, 5.74) is 1.08. The van der Waals surface area contributed by atoms with Crippen molar-refractivity contribution in [1.29, 1.82) is 0 Å². The predicted octanol–water partition coefficient (Wildman–Crippen LogP) is 3.10. The lowest BCUT2D eigenvalue weighted by molar-refractivity contribution is -0.00177. The molecule has 0 fully saturated rings. The third-order valence-electron chi connectivity index (χ3n) is 4.40. The molecule has 0 spiro atoms. The molecule has 0 saturated heterocycles. The molecule has 3 heterocycles. The van der Waals surface area contributed by atoms with Gasteiger partial charge in [0.15, 0.2) is 5.65 Å². The summed E-state index contributed by atoms with van der Waals surface area (Å²) < 4.78 is 15.6. The molecule has 0 saturated carbocycles. The molecule has 8 nitrogen and oxygen atoms in total. The molecular formula is C20H24ClFN6O2. The Hall–Kier alpha value is -2.78. The molecule has 160 valence electrons. The summed E-state index contributed by atoms with van der Waals surface area (Å²) in [7, 11) is 0. The Labute approximate surface area is 178 Å². The van der Waals surface area contributed by atoms with Crippen molar-refractivity contribution < 1.29 is 14.3 Å². The zero-order valence-corrected chi connectivity index (χ0v) is 17.9. The van der Waals surface area contributed by atoms with Gasteiger partial charge in [-0.25, -0.2) is 13.9 Å². The maximum absolute atomic E-state index is 14.0. The Bertz CT molecular complexity index is 1060. The van der Waals surface area contributed by atoms with Gasteiger partial charge in [-0.2, -0.15) is 5.10 Å². The smallest absolute Gasteiger partial charge is 0.255 e. The monoisotopic (exact) mass is 434 g/mol. The zero-order valence-electron chi connectivity index (χ0n) is 17.1. The van der Waals surface area contributed by atoms with Gasteiger partial charge in [0.25, 0.3) is 5.91 Å². The fourth-order valence-electron chi connectivity index (χ4n) is 2.77. The van der Waals surface area contributed by atoms with Crippen LogP contribution in [0.1, 0.15) is 38.1 Å². The van der Waals surface area contributed by atoms with E-state index in [1.807, 2.05) is 13.8 Å². The number of nitrogens with zero attached hydrogens (tertiary/aromatic N) is 4. The van der Waals surface area contributed by atoms with Crippen molar-refractivity contribution in [3.63, 3.8) is 0 Å². The van der Waals surface area contributed by atoms with Crippen LogP contribution in [0.3, 0.4) is 0 Å². The number of aromatic nitrogens is 4. The summed E-state index contributed by atoms with van der Waals surface area (Å²) in [6, 6.07) is 1.77. The third-order valence-corrected chi connectivity index (χ3v) is 4.60. The number of pyridine rings is 1. The quantitative estimate of drug-likeness (QED) is 0.527. The van der Waals surface area contributed by atoms with Crippen LogP contribution in [-0.4, -0.2) is 55.0 Å². The molecule has 3 aromatic rings. The van der Waals surface area contributed by atoms with Crippen molar-refractivity contribution in [3.8, 4) is 11.3 Å². The van der Waals surface area contributed by atoms with E-state index in [0.717, 1.165) is 0 Å². The lowest BCUT2D eigenvalue weighted by Gasteiger charge is -2.23. The summed E-state index contributed by atoms with van der Waals surface area (Å²) >= 11 is 5.96. The highest BCUT2D eigenvalue weighted by Gasteiger charge is 2.27. The molecule has 30 heavy (non-hydrogen) atoms. The molecule has 0 aliphatic carbocycles. The Balaban J connectivity index is 1.92. The average molecular weight is 435 g/mol. The number of nitrogens with one attached hydrogen (secondary N) is 2.